The van der Waals surface area contributed by atoms with Gasteiger partial charge in [0.05, 0.1) is 10.7 Å². The van der Waals surface area contributed by atoms with Gasteiger partial charge in [0.1, 0.15) is 0 Å². The third-order valence-corrected chi connectivity index (χ3v) is 6.98. The zero-order valence-corrected chi connectivity index (χ0v) is 19.9. The van der Waals surface area contributed by atoms with Crippen LogP contribution in [0.5, 0.6) is 11.8 Å². The van der Waals surface area contributed by atoms with Crippen LogP contribution in [0.25, 0.3) is 11.3 Å². The molecule has 180 valence electrons. The Bertz CT molecular complexity index is 1170. The first-order valence-electron chi connectivity index (χ1n) is 11.4. The SMILES string of the molecule is CC(C)n1cc(CN2CC3CN(C(=O)On4c(O)ccc4O)CC3C2)c(-c2ccccc2Cl)n1. The van der Waals surface area contributed by atoms with Crippen molar-refractivity contribution in [3.05, 3.63) is 53.2 Å². The average molecular weight is 486 g/mol. The molecule has 0 aliphatic carbocycles. The van der Waals surface area contributed by atoms with Gasteiger partial charge in [-0.15, -0.1) is 4.73 Å². The van der Waals surface area contributed by atoms with Crippen molar-refractivity contribution in [1.29, 1.82) is 0 Å². The molecule has 5 rings (SSSR count). The molecule has 2 N–H and O–H groups in total. The number of aromatic hydroxyl groups is 2. The molecule has 0 saturated carbocycles. The quantitative estimate of drug-likeness (QED) is 0.573. The number of nitrogens with zero attached hydrogens (tertiary/aromatic N) is 5. The second-order valence-electron chi connectivity index (χ2n) is 9.38. The molecule has 9 nitrogen and oxygen atoms in total. The van der Waals surface area contributed by atoms with Gasteiger partial charge < -0.3 is 20.0 Å². The van der Waals surface area contributed by atoms with Gasteiger partial charge in [0, 0.05) is 68.2 Å². The van der Waals surface area contributed by atoms with Gasteiger partial charge in [-0.2, -0.15) is 5.10 Å². The number of carbonyl (C=O) groups excluding carboxylic acids is 1. The molecule has 2 aliphatic rings. The molecule has 2 aliphatic heterocycles. The average Bonchev–Trinajstić information content (AvgIpc) is 3.54. The number of aromatic nitrogens is 3. The van der Waals surface area contributed by atoms with Crippen LogP contribution in [-0.2, 0) is 6.54 Å². The summed E-state index contributed by atoms with van der Waals surface area (Å²) >= 11 is 6.48. The number of amides is 1. The first kappa shape index (κ1) is 22.6. The summed E-state index contributed by atoms with van der Waals surface area (Å²) in [5.74, 6) is 0.0204. The van der Waals surface area contributed by atoms with Gasteiger partial charge in [-0.1, -0.05) is 29.8 Å². The van der Waals surface area contributed by atoms with Crippen LogP contribution in [-0.4, -0.2) is 66.8 Å². The monoisotopic (exact) mass is 485 g/mol. The molecule has 0 bridgehead atoms. The molecular formula is C24H28ClN5O4. The van der Waals surface area contributed by atoms with Crippen LogP contribution in [0.2, 0.25) is 5.02 Å². The minimum Gasteiger partial charge on any atom is -0.492 e. The molecule has 2 atom stereocenters. The van der Waals surface area contributed by atoms with Crippen LogP contribution in [0.3, 0.4) is 0 Å². The van der Waals surface area contributed by atoms with Gasteiger partial charge in [0.2, 0.25) is 11.8 Å². The molecule has 34 heavy (non-hydrogen) atoms. The minimum absolute atomic E-state index is 0.242. The number of benzene rings is 1. The van der Waals surface area contributed by atoms with Crippen LogP contribution in [0, 0.1) is 11.8 Å². The molecule has 3 aromatic rings. The summed E-state index contributed by atoms with van der Waals surface area (Å²) in [6, 6.07) is 10.5. The lowest BCUT2D eigenvalue weighted by molar-refractivity contribution is 0.0774. The summed E-state index contributed by atoms with van der Waals surface area (Å²) in [5.41, 5.74) is 2.98. The van der Waals surface area contributed by atoms with Gasteiger partial charge >= 0.3 is 6.09 Å². The van der Waals surface area contributed by atoms with E-state index < -0.39 is 6.09 Å². The fourth-order valence-electron chi connectivity index (χ4n) is 4.93. The van der Waals surface area contributed by atoms with Crippen LogP contribution in [0.4, 0.5) is 4.79 Å². The second kappa shape index (κ2) is 8.88. The van der Waals surface area contributed by atoms with Gasteiger partial charge in [-0.3, -0.25) is 9.58 Å². The molecule has 1 aromatic carbocycles. The van der Waals surface area contributed by atoms with Crippen molar-refractivity contribution < 1.29 is 19.8 Å². The van der Waals surface area contributed by atoms with Gasteiger partial charge in [0.15, 0.2) is 0 Å². The molecule has 2 fully saturated rings. The molecule has 4 heterocycles. The van der Waals surface area contributed by atoms with E-state index >= 15 is 0 Å². The third-order valence-electron chi connectivity index (χ3n) is 6.65. The summed E-state index contributed by atoms with van der Waals surface area (Å²) in [5, 5.41) is 24.9. The van der Waals surface area contributed by atoms with E-state index in [0.717, 1.165) is 41.2 Å². The van der Waals surface area contributed by atoms with Gasteiger partial charge in [0.25, 0.3) is 0 Å². The molecule has 0 radical (unpaired) electrons. The Morgan fingerprint density at radius 2 is 1.74 bits per heavy atom. The Morgan fingerprint density at radius 3 is 2.35 bits per heavy atom. The highest BCUT2D eigenvalue weighted by molar-refractivity contribution is 6.33. The predicted octanol–water partition coefficient (Wildman–Crippen LogP) is 3.61. The number of hydrogen-bond acceptors (Lipinski definition) is 6. The Labute approximate surface area is 202 Å². The Balaban J connectivity index is 1.25. The standard InChI is InChI=1S/C24H28ClN5O4/c1-15(2)29-14-18(23(26-29)19-5-3-4-6-20(19)25)11-27-9-16-12-28(13-17(16)10-27)24(33)34-30-21(31)7-8-22(30)32/h3-8,14-17,31-32H,9-13H2,1-2H3. The molecule has 0 spiro atoms. The number of rotatable bonds is 5. The van der Waals surface area contributed by atoms with E-state index in [9.17, 15) is 15.0 Å². The van der Waals surface area contributed by atoms with Gasteiger partial charge in [-0.05, 0) is 31.7 Å². The highest BCUT2D eigenvalue weighted by Gasteiger charge is 2.42. The van der Waals surface area contributed by atoms with E-state index in [1.807, 2.05) is 28.9 Å². The van der Waals surface area contributed by atoms with Crippen molar-refractivity contribution in [2.24, 2.45) is 11.8 Å². The lowest BCUT2D eigenvalue weighted by atomic mass is 10.0. The summed E-state index contributed by atoms with van der Waals surface area (Å²) < 4.78 is 2.71. The van der Waals surface area contributed by atoms with Crippen molar-refractivity contribution in [1.82, 2.24) is 24.3 Å². The van der Waals surface area contributed by atoms with E-state index in [-0.39, 0.29) is 17.8 Å². The summed E-state index contributed by atoms with van der Waals surface area (Å²) in [4.78, 5) is 21.7. The largest absolute Gasteiger partial charge is 0.492 e. The zero-order chi connectivity index (χ0) is 24.0. The van der Waals surface area contributed by atoms with E-state index in [1.54, 1.807) is 4.90 Å². The van der Waals surface area contributed by atoms with Crippen molar-refractivity contribution in [2.75, 3.05) is 26.2 Å². The lowest BCUT2D eigenvalue weighted by Crippen LogP contribution is -2.37. The van der Waals surface area contributed by atoms with Crippen molar-refractivity contribution in [3.63, 3.8) is 0 Å². The van der Waals surface area contributed by atoms with Crippen molar-refractivity contribution in [2.45, 2.75) is 26.4 Å². The second-order valence-corrected chi connectivity index (χ2v) is 9.78. The molecular weight excluding hydrogens is 458 g/mol. The number of likely N-dealkylation sites (tertiary alicyclic amines) is 2. The first-order valence-corrected chi connectivity index (χ1v) is 11.8. The normalized spacial score (nSPS) is 20.3. The lowest BCUT2D eigenvalue weighted by Gasteiger charge is -2.21. The minimum atomic E-state index is -0.582. The molecule has 1 amide bonds. The van der Waals surface area contributed by atoms with Crippen molar-refractivity contribution >= 4 is 17.7 Å². The van der Waals surface area contributed by atoms with Gasteiger partial charge in [-0.25, -0.2) is 4.79 Å². The molecule has 2 aromatic heterocycles. The zero-order valence-electron chi connectivity index (χ0n) is 19.1. The highest BCUT2D eigenvalue weighted by Crippen LogP contribution is 2.35. The number of halogens is 1. The van der Waals surface area contributed by atoms with E-state index in [1.165, 1.54) is 12.1 Å². The van der Waals surface area contributed by atoms with Crippen LogP contribution < -0.4 is 4.84 Å². The summed E-state index contributed by atoms with van der Waals surface area (Å²) in [7, 11) is 0. The Hall–Kier alpha value is -3.17. The Morgan fingerprint density at radius 1 is 1.09 bits per heavy atom. The molecule has 2 unspecified atom stereocenters. The summed E-state index contributed by atoms with van der Waals surface area (Å²) in [6.45, 7) is 7.85. The first-order chi connectivity index (χ1) is 16.3. The Kier molecular flexibility index (Phi) is 5.91. The van der Waals surface area contributed by atoms with E-state index in [2.05, 4.69) is 24.9 Å². The van der Waals surface area contributed by atoms with Crippen LogP contribution in [0.1, 0.15) is 25.5 Å². The fraction of sp³-hybridized carbons (Fsp3) is 0.417. The van der Waals surface area contributed by atoms with E-state index in [0.29, 0.717) is 29.9 Å². The molecule has 10 heteroatoms. The number of fused-ring (bicyclic) bond motifs is 1. The summed E-state index contributed by atoms with van der Waals surface area (Å²) in [6.07, 6.45) is 1.53. The molecule has 2 saturated heterocycles. The van der Waals surface area contributed by atoms with Crippen LogP contribution >= 0.6 is 11.6 Å². The maximum Gasteiger partial charge on any atom is 0.434 e. The van der Waals surface area contributed by atoms with E-state index in [4.69, 9.17) is 21.5 Å². The van der Waals surface area contributed by atoms with Crippen LogP contribution in [0.15, 0.2) is 42.6 Å². The topological polar surface area (TPSA) is 96.0 Å². The predicted molar refractivity (Wildman–Crippen MR) is 127 cm³/mol. The maximum atomic E-state index is 12.5. The van der Waals surface area contributed by atoms with Crippen molar-refractivity contribution in [3.8, 4) is 23.0 Å². The maximum absolute atomic E-state index is 12.5. The fourth-order valence-corrected chi connectivity index (χ4v) is 5.16. The number of carbonyl (C=O) groups is 1. The smallest absolute Gasteiger partial charge is 0.434 e. The number of hydrogen-bond donors (Lipinski definition) is 2. The third kappa shape index (κ3) is 4.21. The highest BCUT2D eigenvalue weighted by atomic mass is 35.5.